The first-order valence-electron chi connectivity index (χ1n) is 10.8. The minimum Gasteiger partial charge on any atom is -0.379 e. The van der Waals surface area contributed by atoms with Crippen LogP contribution in [0.25, 0.3) is 0 Å². The highest BCUT2D eigenvalue weighted by Gasteiger charge is 2.51. The van der Waals surface area contributed by atoms with Crippen LogP contribution in [0.3, 0.4) is 0 Å². The lowest BCUT2D eigenvalue weighted by molar-refractivity contribution is -0.129. The third kappa shape index (κ3) is 4.03. The van der Waals surface area contributed by atoms with E-state index in [9.17, 15) is 17.6 Å². The predicted molar refractivity (Wildman–Crippen MR) is 136 cm³/mol. The van der Waals surface area contributed by atoms with Gasteiger partial charge in [0.25, 0.3) is 5.91 Å². The number of thiocarbonyl (C=S) groups is 1. The molecule has 0 radical (unpaired) electrons. The molecule has 0 saturated carbocycles. The quantitative estimate of drug-likeness (QED) is 0.359. The molecule has 1 amide bonds. The molecule has 180 valence electrons. The molecule has 5 rings (SSSR count). The zero-order valence-corrected chi connectivity index (χ0v) is 21.8. The molecule has 2 aliphatic rings. The molecule has 10 heteroatoms. The Morgan fingerprint density at radius 2 is 1.80 bits per heavy atom. The smallest absolute Gasteiger partial charge is 0.339 e. The van der Waals surface area contributed by atoms with Crippen molar-refractivity contribution in [3.63, 3.8) is 0 Å². The summed E-state index contributed by atoms with van der Waals surface area (Å²) in [6, 6.07) is 15.5. The Balaban J connectivity index is 1.56. The number of hydrogen-bond donors (Lipinski definition) is 1. The number of nitrogens with one attached hydrogen (secondary N) is 1. The number of amides is 1. The van der Waals surface area contributed by atoms with Gasteiger partial charge in [0.2, 0.25) is 0 Å². The Morgan fingerprint density at radius 1 is 1.06 bits per heavy atom. The van der Waals surface area contributed by atoms with E-state index in [0.29, 0.717) is 11.1 Å². The number of benzene rings is 3. The number of aryl methyl sites for hydroxylation is 2. The van der Waals surface area contributed by atoms with Crippen molar-refractivity contribution in [1.82, 2.24) is 10.2 Å². The van der Waals surface area contributed by atoms with E-state index in [4.69, 9.17) is 16.4 Å². The normalized spacial score (nSPS) is 19.6. The van der Waals surface area contributed by atoms with Gasteiger partial charge >= 0.3 is 10.1 Å². The molecule has 1 fully saturated rings. The number of hydrogen-bond acceptors (Lipinski definition) is 5. The van der Waals surface area contributed by atoms with Gasteiger partial charge in [0.1, 0.15) is 16.5 Å². The van der Waals surface area contributed by atoms with Crippen molar-refractivity contribution < 1.29 is 21.8 Å². The summed E-state index contributed by atoms with van der Waals surface area (Å²) >= 11 is 8.51. The van der Waals surface area contributed by atoms with Crippen LogP contribution >= 0.6 is 28.1 Å². The van der Waals surface area contributed by atoms with Gasteiger partial charge in [-0.2, -0.15) is 8.42 Å². The van der Waals surface area contributed by atoms with Gasteiger partial charge in [-0.05, 0) is 106 Å². The largest absolute Gasteiger partial charge is 0.379 e. The summed E-state index contributed by atoms with van der Waals surface area (Å²) in [4.78, 5) is 14.8. The van der Waals surface area contributed by atoms with Crippen molar-refractivity contribution in [1.29, 1.82) is 0 Å². The second-order valence-corrected chi connectivity index (χ2v) is 11.3. The number of halogens is 2. The maximum atomic E-state index is 14.0. The zero-order valence-electron chi connectivity index (χ0n) is 18.5. The Kier molecular flexibility index (Phi) is 5.93. The summed E-state index contributed by atoms with van der Waals surface area (Å²) in [5.41, 5.74) is 1.51. The van der Waals surface area contributed by atoms with Gasteiger partial charge in [-0.25, -0.2) is 4.39 Å². The molecule has 3 aromatic carbocycles. The lowest BCUT2D eigenvalue weighted by atomic mass is 9.82. The van der Waals surface area contributed by atoms with E-state index in [1.165, 1.54) is 42.3 Å². The highest BCUT2D eigenvalue weighted by molar-refractivity contribution is 9.10. The van der Waals surface area contributed by atoms with Crippen LogP contribution in [0, 0.1) is 5.82 Å². The van der Waals surface area contributed by atoms with Gasteiger partial charge in [-0.3, -0.25) is 9.69 Å². The van der Waals surface area contributed by atoms with Crippen molar-refractivity contribution in [3.05, 3.63) is 93.2 Å². The minimum absolute atomic E-state index is 0.0404. The van der Waals surface area contributed by atoms with E-state index in [1.54, 1.807) is 24.3 Å². The van der Waals surface area contributed by atoms with Gasteiger partial charge < -0.3 is 9.50 Å². The first kappa shape index (κ1) is 23.9. The third-order valence-electron chi connectivity index (χ3n) is 6.41. The number of rotatable bonds is 5. The minimum atomic E-state index is -4.11. The van der Waals surface area contributed by atoms with Crippen LogP contribution in [0.2, 0.25) is 0 Å². The molecular weight excluding hydrogens is 555 g/mol. The molecule has 1 saturated heterocycles. The fraction of sp³-hybridized carbons (Fsp3) is 0.200. The van der Waals surface area contributed by atoms with E-state index in [-0.39, 0.29) is 26.1 Å². The molecule has 1 aliphatic carbocycles. The zero-order chi connectivity index (χ0) is 25.0. The van der Waals surface area contributed by atoms with Crippen LogP contribution in [-0.4, -0.2) is 31.4 Å². The third-order valence-corrected chi connectivity index (χ3v) is 8.64. The molecule has 0 aromatic heterocycles. The van der Waals surface area contributed by atoms with Gasteiger partial charge in [-0.1, -0.05) is 24.3 Å². The topological polar surface area (TPSA) is 75.7 Å². The van der Waals surface area contributed by atoms with Crippen molar-refractivity contribution in [2.24, 2.45) is 0 Å². The average molecular weight is 575 g/mol. The summed E-state index contributed by atoms with van der Waals surface area (Å²) in [6.07, 6.45) is 2.78. The lowest BCUT2D eigenvalue weighted by Crippen LogP contribution is -2.45. The number of nitrogens with zero attached hydrogens (tertiary/aromatic N) is 1. The highest BCUT2D eigenvalue weighted by Crippen LogP contribution is 2.39. The maximum absolute atomic E-state index is 14.0. The molecule has 1 unspecified atom stereocenters. The van der Waals surface area contributed by atoms with E-state index in [1.807, 2.05) is 6.07 Å². The highest BCUT2D eigenvalue weighted by atomic mass is 79.9. The van der Waals surface area contributed by atoms with E-state index in [2.05, 4.69) is 21.2 Å². The standard InChI is InChI=1S/C25H20BrFN2O4S2/c1-29-23(30)25(28-24(29)34,18-9-11-22(27)21(26)14-18)17-6-3-7-19(13-17)33-35(31,32)20-10-8-15-4-2-5-16(15)12-20/h3,6-14H,2,4-5H2,1H3,(H,28,34). The predicted octanol–water partition coefficient (Wildman–Crippen LogP) is 4.43. The molecule has 3 aromatic rings. The van der Waals surface area contributed by atoms with E-state index < -0.39 is 21.5 Å². The Hall–Kier alpha value is -2.82. The molecular formula is C25H20BrFN2O4S2. The fourth-order valence-corrected chi connectivity index (χ4v) is 6.18. The van der Waals surface area contributed by atoms with Crippen molar-refractivity contribution in [2.75, 3.05) is 7.05 Å². The summed E-state index contributed by atoms with van der Waals surface area (Å²) in [5.74, 6) is -0.832. The van der Waals surface area contributed by atoms with E-state index in [0.717, 1.165) is 30.4 Å². The van der Waals surface area contributed by atoms with E-state index >= 15 is 0 Å². The molecule has 1 N–H and O–H groups in total. The molecule has 6 nitrogen and oxygen atoms in total. The van der Waals surface area contributed by atoms with Crippen LogP contribution in [-0.2, 0) is 33.3 Å². The molecule has 0 spiro atoms. The number of fused-ring (bicyclic) bond motifs is 1. The Bertz CT molecular complexity index is 1490. The summed E-state index contributed by atoms with van der Waals surface area (Å²) in [7, 11) is -2.57. The second kappa shape index (κ2) is 8.69. The van der Waals surface area contributed by atoms with Gasteiger partial charge in [0.05, 0.1) is 4.47 Å². The Labute approximate surface area is 216 Å². The molecule has 1 atom stereocenters. The van der Waals surface area contributed by atoms with Gasteiger partial charge in [0, 0.05) is 7.05 Å². The molecule has 35 heavy (non-hydrogen) atoms. The summed E-state index contributed by atoms with van der Waals surface area (Å²) in [6.45, 7) is 0. The van der Waals surface area contributed by atoms with Crippen molar-refractivity contribution in [3.8, 4) is 5.75 Å². The van der Waals surface area contributed by atoms with Crippen LogP contribution < -0.4 is 9.50 Å². The SMILES string of the molecule is CN1C(=O)C(c2cccc(OS(=O)(=O)c3ccc4c(c3)CCC4)c2)(c2ccc(F)c(Br)c2)NC1=S. The average Bonchev–Trinajstić information content (AvgIpc) is 3.39. The second-order valence-electron chi connectivity index (χ2n) is 8.52. The van der Waals surface area contributed by atoms with Crippen LogP contribution in [0.5, 0.6) is 5.75 Å². The summed E-state index contributed by atoms with van der Waals surface area (Å²) < 4.78 is 45.7. The Morgan fingerprint density at radius 3 is 2.51 bits per heavy atom. The fourth-order valence-electron chi connectivity index (χ4n) is 4.59. The van der Waals surface area contributed by atoms with Crippen LogP contribution in [0.15, 0.2) is 70.0 Å². The van der Waals surface area contributed by atoms with Gasteiger partial charge in [-0.15, -0.1) is 0 Å². The first-order valence-corrected chi connectivity index (χ1v) is 13.5. The summed E-state index contributed by atoms with van der Waals surface area (Å²) in [5, 5.41) is 3.24. The molecule has 1 aliphatic heterocycles. The number of carbonyl (C=O) groups is 1. The van der Waals surface area contributed by atoms with Crippen LogP contribution in [0.4, 0.5) is 4.39 Å². The van der Waals surface area contributed by atoms with Crippen LogP contribution in [0.1, 0.15) is 28.7 Å². The molecule has 0 bridgehead atoms. The van der Waals surface area contributed by atoms with Crippen molar-refractivity contribution in [2.45, 2.75) is 29.7 Å². The van der Waals surface area contributed by atoms with Crippen molar-refractivity contribution >= 4 is 49.3 Å². The molecule has 1 heterocycles. The number of likely N-dealkylation sites (N-methyl/N-ethyl adjacent to an activating group) is 1. The van der Waals surface area contributed by atoms with Gasteiger partial charge in [0.15, 0.2) is 10.7 Å². The first-order chi connectivity index (χ1) is 16.6. The maximum Gasteiger partial charge on any atom is 0.339 e. The number of carbonyl (C=O) groups excluding carboxylic acids is 1. The monoisotopic (exact) mass is 574 g/mol. The lowest BCUT2D eigenvalue weighted by Gasteiger charge is -2.28.